The molecule has 0 bridgehead atoms. The number of rotatable bonds is 4. The predicted octanol–water partition coefficient (Wildman–Crippen LogP) is 4.90. The summed E-state index contributed by atoms with van der Waals surface area (Å²) in [5.74, 6) is -1.39. The van der Waals surface area contributed by atoms with Gasteiger partial charge in [-0.1, -0.05) is 29.3 Å². The Hall–Kier alpha value is -2.57. The van der Waals surface area contributed by atoms with Gasteiger partial charge in [0.1, 0.15) is 22.6 Å². The van der Waals surface area contributed by atoms with Gasteiger partial charge in [0.05, 0.1) is 10.6 Å². The van der Waals surface area contributed by atoms with E-state index in [4.69, 9.17) is 23.2 Å². The van der Waals surface area contributed by atoms with Gasteiger partial charge in [0.25, 0.3) is 5.91 Å². The number of benzene rings is 1. The minimum absolute atomic E-state index is 0.111. The number of pyridine rings is 2. The van der Waals surface area contributed by atoms with Gasteiger partial charge in [-0.05, 0) is 41.8 Å². The highest BCUT2D eigenvalue weighted by atomic mass is 35.5. The lowest BCUT2D eigenvalue weighted by atomic mass is 10.1. The van der Waals surface area contributed by atoms with Crippen LogP contribution in [0.4, 0.5) is 14.6 Å². The van der Waals surface area contributed by atoms with Crippen LogP contribution in [0.5, 0.6) is 0 Å². The number of nitrogens with one attached hydrogen (secondary N) is 1. The lowest BCUT2D eigenvalue weighted by Gasteiger charge is -2.07. The van der Waals surface area contributed by atoms with Crippen LogP contribution in [0.25, 0.3) is 0 Å². The summed E-state index contributed by atoms with van der Waals surface area (Å²) in [6, 6.07) is 8.04. The van der Waals surface area contributed by atoms with E-state index >= 15 is 0 Å². The number of nitrogens with zero attached hydrogens (tertiary/aromatic N) is 2. The van der Waals surface area contributed by atoms with E-state index in [1.165, 1.54) is 30.6 Å². The second-order valence-corrected chi connectivity index (χ2v) is 6.22. The summed E-state index contributed by atoms with van der Waals surface area (Å²) in [4.78, 5) is 20.1. The number of carbonyl (C=O) groups excluding carboxylic acids is 1. The molecule has 1 amide bonds. The Morgan fingerprint density at radius 1 is 0.962 bits per heavy atom. The van der Waals surface area contributed by atoms with Gasteiger partial charge in [0.2, 0.25) is 0 Å². The predicted molar refractivity (Wildman–Crippen MR) is 95.6 cm³/mol. The van der Waals surface area contributed by atoms with Crippen molar-refractivity contribution in [2.24, 2.45) is 0 Å². The van der Waals surface area contributed by atoms with Crippen molar-refractivity contribution in [2.45, 2.75) is 6.42 Å². The SMILES string of the molecule is O=C(Nc1ccc(Cc2cc(F)cc(F)c2)cn1)c1cnc(Cl)c(Cl)c1. The van der Waals surface area contributed by atoms with Crippen LogP contribution < -0.4 is 5.32 Å². The van der Waals surface area contributed by atoms with Crippen LogP contribution in [-0.2, 0) is 6.42 Å². The van der Waals surface area contributed by atoms with Crippen LogP contribution in [0.15, 0.2) is 48.8 Å². The molecule has 3 aromatic rings. The fourth-order valence-electron chi connectivity index (χ4n) is 2.29. The fourth-order valence-corrected chi connectivity index (χ4v) is 2.56. The number of carbonyl (C=O) groups is 1. The van der Waals surface area contributed by atoms with Gasteiger partial charge in [-0.25, -0.2) is 18.7 Å². The summed E-state index contributed by atoms with van der Waals surface area (Å²) in [7, 11) is 0. The molecule has 1 N–H and O–H groups in total. The van der Waals surface area contributed by atoms with Crippen LogP contribution in [0.3, 0.4) is 0 Å². The number of hydrogen-bond donors (Lipinski definition) is 1. The second kappa shape index (κ2) is 7.76. The van der Waals surface area contributed by atoms with Crippen molar-refractivity contribution >= 4 is 34.9 Å². The Bertz CT molecular complexity index is 945. The number of aromatic nitrogens is 2. The first kappa shape index (κ1) is 18.2. The topological polar surface area (TPSA) is 54.9 Å². The van der Waals surface area contributed by atoms with Crippen molar-refractivity contribution in [3.05, 3.63) is 87.3 Å². The molecular weight excluding hydrogens is 383 g/mol. The molecule has 2 heterocycles. The van der Waals surface area contributed by atoms with E-state index in [1.807, 2.05) is 0 Å². The normalized spacial score (nSPS) is 10.6. The maximum Gasteiger partial charge on any atom is 0.258 e. The summed E-state index contributed by atoms with van der Waals surface area (Å²) < 4.78 is 26.5. The van der Waals surface area contributed by atoms with Gasteiger partial charge >= 0.3 is 0 Å². The maximum absolute atomic E-state index is 13.2. The molecule has 0 fully saturated rings. The number of anilines is 1. The van der Waals surface area contributed by atoms with Crippen molar-refractivity contribution in [1.82, 2.24) is 9.97 Å². The molecule has 132 valence electrons. The van der Waals surface area contributed by atoms with Crippen molar-refractivity contribution in [3.63, 3.8) is 0 Å². The standard InChI is InChI=1S/C18H11Cl2F2N3O/c19-15-6-12(9-24-17(15)20)18(26)25-16-2-1-10(8-23-16)3-11-4-13(21)7-14(22)5-11/h1-2,4-9H,3H2,(H,23,25,26). The maximum atomic E-state index is 13.2. The Kier molecular flexibility index (Phi) is 5.44. The summed E-state index contributed by atoms with van der Waals surface area (Å²) in [5.41, 5.74) is 1.47. The zero-order chi connectivity index (χ0) is 18.7. The van der Waals surface area contributed by atoms with Gasteiger partial charge < -0.3 is 5.32 Å². The highest BCUT2D eigenvalue weighted by molar-refractivity contribution is 6.41. The lowest BCUT2D eigenvalue weighted by Crippen LogP contribution is -2.13. The monoisotopic (exact) mass is 393 g/mol. The van der Waals surface area contributed by atoms with Gasteiger partial charge in [-0.3, -0.25) is 4.79 Å². The van der Waals surface area contributed by atoms with Crippen LogP contribution >= 0.6 is 23.2 Å². The van der Waals surface area contributed by atoms with E-state index in [9.17, 15) is 13.6 Å². The molecular formula is C18H11Cl2F2N3O. The minimum Gasteiger partial charge on any atom is -0.307 e. The first-order chi connectivity index (χ1) is 12.4. The van der Waals surface area contributed by atoms with Crippen LogP contribution in [0.2, 0.25) is 10.2 Å². The van der Waals surface area contributed by atoms with Crippen molar-refractivity contribution in [1.29, 1.82) is 0 Å². The average molecular weight is 394 g/mol. The van der Waals surface area contributed by atoms with E-state index < -0.39 is 17.5 Å². The summed E-state index contributed by atoms with van der Waals surface area (Å²) in [6.45, 7) is 0. The third-order valence-electron chi connectivity index (χ3n) is 3.46. The summed E-state index contributed by atoms with van der Waals surface area (Å²) >= 11 is 11.6. The Balaban J connectivity index is 1.69. The van der Waals surface area contributed by atoms with E-state index in [1.54, 1.807) is 12.1 Å². The zero-order valence-electron chi connectivity index (χ0n) is 13.1. The van der Waals surface area contributed by atoms with E-state index in [2.05, 4.69) is 15.3 Å². The molecule has 0 spiro atoms. The quantitative estimate of drug-likeness (QED) is 0.641. The molecule has 0 saturated carbocycles. The van der Waals surface area contributed by atoms with Crippen molar-refractivity contribution < 1.29 is 13.6 Å². The molecule has 2 aromatic heterocycles. The second-order valence-electron chi connectivity index (χ2n) is 5.46. The molecule has 0 aliphatic carbocycles. The number of halogens is 4. The molecule has 4 nitrogen and oxygen atoms in total. The largest absolute Gasteiger partial charge is 0.307 e. The third kappa shape index (κ3) is 4.53. The average Bonchev–Trinajstić information content (AvgIpc) is 2.58. The highest BCUT2D eigenvalue weighted by Crippen LogP contribution is 2.20. The van der Waals surface area contributed by atoms with Gasteiger partial charge in [-0.15, -0.1) is 0 Å². The first-order valence-electron chi connectivity index (χ1n) is 7.43. The van der Waals surface area contributed by atoms with Crippen molar-refractivity contribution in [3.8, 4) is 0 Å². The first-order valence-corrected chi connectivity index (χ1v) is 8.18. The van der Waals surface area contributed by atoms with Gasteiger partial charge in [0.15, 0.2) is 0 Å². The zero-order valence-corrected chi connectivity index (χ0v) is 14.7. The number of amides is 1. The molecule has 0 aliphatic rings. The molecule has 0 radical (unpaired) electrons. The van der Waals surface area contributed by atoms with E-state index in [0.29, 0.717) is 17.8 Å². The molecule has 0 saturated heterocycles. The summed E-state index contributed by atoms with van der Waals surface area (Å²) in [5, 5.41) is 2.88. The minimum atomic E-state index is -0.632. The lowest BCUT2D eigenvalue weighted by molar-refractivity contribution is 0.102. The molecule has 0 aliphatic heterocycles. The summed E-state index contributed by atoms with van der Waals surface area (Å²) in [6.07, 6.45) is 3.13. The van der Waals surface area contributed by atoms with Crippen LogP contribution in [0.1, 0.15) is 21.5 Å². The third-order valence-corrected chi connectivity index (χ3v) is 4.14. The highest BCUT2D eigenvalue weighted by Gasteiger charge is 2.10. The smallest absolute Gasteiger partial charge is 0.258 e. The van der Waals surface area contributed by atoms with Gasteiger partial charge in [-0.2, -0.15) is 0 Å². The van der Waals surface area contributed by atoms with E-state index in [0.717, 1.165) is 11.6 Å². The molecule has 3 rings (SSSR count). The van der Waals surface area contributed by atoms with Crippen LogP contribution in [0, 0.1) is 11.6 Å². The molecule has 0 unspecified atom stereocenters. The number of hydrogen-bond acceptors (Lipinski definition) is 3. The molecule has 26 heavy (non-hydrogen) atoms. The van der Waals surface area contributed by atoms with E-state index in [-0.39, 0.29) is 15.7 Å². The Morgan fingerprint density at radius 3 is 2.31 bits per heavy atom. The van der Waals surface area contributed by atoms with Crippen molar-refractivity contribution in [2.75, 3.05) is 5.32 Å². The Labute approximate surface area is 157 Å². The Morgan fingerprint density at radius 2 is 1.69 bits per heavy atom. The van der Waals surface area contributed by atoms with Crippen LogP contribution in [-0.4, -0.2) is 15.9 Å². The molecule has 0 atom stereocenters. The van der Waals surface area contributed by atoms with Gasteiger partial charge in [0, 0.05) is 18.5 Å². The fraction of sp³-hybridized carbons (Fsp3) is 0.0556. The molecule has 8 heteroatoms. The molecule has 1 aromatic carbocycles.